The number of amides is 1. The molecule has 2 aromatic rings. The first-order chi connectivity index (χ1) is 12.0. The van der Waals surface area contributed by atoms with Gasteiger partial charge in [0.05, 0.1) is 24.8 Å². The Morgan fingerprint density at radius 3 is 2.84 bits per heavy atom. The van der Waals surface area contributed by atoms with Gasteiger partial charge >= 0.3 is 0 Å². The highest BCUT2D eigenvalue weighted by Crippen LogP contribution is 2.22. The van der Waals surface area contributed by atoms with E-state index in [-0.39, 0.29) is 6.54 Å². The fourth-order valence-electron chi connectivity index (χ4n) is 1.89. The Morgan fingerprint density at radius 2 is 2.12 bits per heavy atom. The van der Waals surface area contributed by atoms with Crippen LogP contribution >= 0.6 is 0 Å². The number of hydrogen-bond acceptors (Lipinski definition) is 7. The second-order valence-corrected chi connectivity index (χ2v) is 4.86. The lowest BCUT2D eigenvalue weighted by molar-refractivity contribution is -0.398. The van der Waals surface area contributed by atoms with Crippen LogP contribution in [0.5, 0.6) is 11.5 Å². The van der Waals surface area contributed by atoms with Crippen molar-refractivity contribution >= 4 is 23.5 Å². The largest absolute Gasteiger partial charge is 0.868 e. The number of benzene rings is 2. The summed E-state index contributed by atoms with van der Waals surface area (Å²) >= 11 is 0. The van der Waals surface area contributed by atoms with Gasteiger partial charge in [0.25, 0.3) is 11.6 Å². The maximum Gasteiger partial charge on any atom is 0.262 e. The van der Waals surface area contributed by atoms with Crippen molar-refractivity contribution in [2.45, 2.75) is 0 Å². The summed E-state index contributed by atoms with van der Waals surface area (Å²) in [4.78, 5) is 21.6. The number of nitrogens with zero attached hydrogens (tertiary/aromatic N) is 2. The highest BCUT2D eigenvalue weighted by molar-refractivity contribution is 5.85. The fourth-order valence-corrected chi connectivity index (χ4v) is 1.89. The summed E-state index contributed by atoms with van der Waals surface area (Å²) in [5, 5.41) is 28.6. The van der Waals surface area contributed by atoms with Crippen LogP contribution in [0.4, 0.5) is 11.4 Å². The highest BCUT2D eigenvalue weighted by atomic mass is 16.6. The van der Waals surface area contributed by atoms with Crippen molar-refractivity contribution in [1.82, 2.24) is 5.43 Å². The molecule has 9 nitrogen and oxygen atoms in total. The third-order valence-corrected chi connectivity index (χ3v) is 3.11. The number of hydrogen-bond donors (Lipinski definition) is 2. The van der Waals surface area contributed by atoms with Crippen LogP contribution in [-0.4, -0.2) is 30.7 Å². The lowest BCUT2D eigenvalue weighted by atomic mass is 10.2. The van der Waals surface area contributed by atoms with Crippen molar-refractivity contribution in [3.63, 3.8) is 0 Å². The van der Waals surface area contributed by atoms with E-state index in [2.05, 4.69) is 15.8 Å². The Balaban J connectivity index is 1.88. The molecule has 9 heteroatoms. The average molecular weight is 343 g/mol. The Morgan fingerprint density at radius 1 is 1.32 bits per heavy atom. The first-order valence-electron chi connectivity index (χ1n) is 7.15. The average Bonchev–Trinajstić information content (AvgIpc) is 2.61. The number of methoxy groups -OCH3 is 1. The molecule has 0 aliphatic heterocycles. The van der Waals surface area contributed by atoms with Gasteiger partial charge in [0.1, 0.15) is 5.75 Å². The fraction of sp³-hybridized carbons (Fsp3) is 0.125. The number of carbonyl (C=O) groups is 1. The van der Waals surface area contributed by atoms with Crippen LogP contribution in [0.1, 0.15) is 5.56 Å². The quantitative estimate of drug-likeness (QED) is 0.442. The molecule has 130 valence electrons. The van der Waals surface area contributed by atoms with E-state index < -0.39 is 22.3 Å². The van der Waals surface area contributed by atoms with Crippen LogP contribution in [0, 0.1) is 10.1 Å². The van der Waals surface area contributed by atoms with Gasteiger partial charge in [0, 0.05) is 23.4 Å². The number of ether oxygens (including phenoxy) is 1. The molecule has 1 amide bonds. The third kappa shape index (κ3) is 5.20. The van der Waals surface area contributed by atoms with E-state index in [4.69, 9.17) is 4.74 Å². The summed E-state index contributed by atoms with van der Waals surface area (Å²) in [7, 11) is 1.55. The summed E-state index contributed by atoms with van der Waals surface area (Å²) in [6.45, 7) is -0.0237. The molecule has 25 heavy (non-hydrogen) atoms. The smallest absolute Gasteiger partial charge is 0.262 e. The summed E-state index contributed by atoms with van der Waals surface area (Å²) in [6.07, 6.45) is 1.22. The Labute approximate surface area is 143 Å². The van der Waals surface area contributed by atoms with Gasteiger partial charge in [-0.2, -0.15) is 5.10 Å². The zero-order valence-electron chi connectivity index (χ0n) is 13.3. The number of nitro benzene ring substituents is 1. The zero-order chi connectivity index (χ0) is 18.2. The highest BCUT2D eigenvalue weighted by Gasteiger charge is 2.07. The van der Waals surface area contributed by atoms with E-state index in [1.54, 1.807) is 31.4 Å². The molecule has 0 atom stereocenters. The molecular weight excluding hydrogens is 328 g/mol. The number of carbonyl (C=O) groups excluding carboxylic acids is 1. The molecule has 0 aliphatic carbocycles. The zero-order valence-corrected chi connectivity index (χ0v) is 13.3. The van der Waals surface area contributed by atoms with Crippen molar-refractivity contribution in [2.24, 2.45) is 5.10 Å². The number of nitrogens with one attached hydrogen (secondary N) is 2. The molecule has 2 aromatic carbocycles. The van der Waals surface area contributed by atoms with Gasteiger partial charge in [0.15, 0.2) is 0 Å². The predicted octanol–water partition coefficient (Wildman–Crippen LogP) is 1.24. The Bertz CT molecular complexity index is 807. The van der Waals surface area contributed by atoms with Crippen LogP contribution in [0.3, 0.4) is 0 Å². The van der Waals surface area contributed by atoms with Crippen molar-refractivity contribution in [1.29, 1.82) is 0 Å². The number of anilines is 1. The van der Waals surface area contributed by atoms with Gasteiger partial charge in [-0.25, -0.2) is 5.43 Å². The van der Waals surface area contributed by atoms with E-state index in [1.807, 2.05) is 0 Å². The summed E-state index contributed by atoms with van der Waals surface area (Å²) in [6, 6.07) is 10.6. The predicted molar refractivity (Wildman–Crippen MR) is 89.8 cm³/mol. The van der Waals surface area contributed by atoms with Crippen molar-refractivity contribution in [3.8, 4) is 11.5 Å². The van der Waals surface area contributed by atoms with E-state index in [0.717, 1.165) is 12.1 Å². The van der Waals surface area contributed by atoms with Crippen LogP contribution in [0.2, 0.25) is 0 Å². The molecule has 0 saturated carbocycles. The molecule has 0 spiro atoms. The Kier molecular flexibility index (Phi) is 5.88. The molecule has 0 saturated heterocycles. The molecule has 0 unspecified atom stereocenters. The normalized spacial score (nSPS) is 10.4. The van der Waals surface area contributed by atoms with Crippen LogP contribution in [-0.2, 0) is 4.79 Å². The second kappa shape index (κ2) is 8.29. The molecule has 0 aliphatic rings. The minimum Gasteiger partial charge on any atom is -0.868 e. The molecule has 0 heterocycles. The van der Waals surface area contributed by atoms with Crippen molar-refractivity contribution < 1.29 is 19.6 Å². The standard InChI is InChI=1S/C16H16N4O5/c1-25-13-4-2-3-12(8-13)17-10-16(22)19-18-9-11-5-6-15(21)14(7-11)20(23)24/h2-9,17,21H,10H2,1H3,(H,19,22)/p-1/b18-9-. The van der Waals surface area contributed by atoms with Crippen LogP contribution in [0.25, 0.3) is 0 Å². The van der Waals surface area contributed by atoms with E-state index >= 15 is 0 Å². The first-order valence-corrected chi connectivity index (χ1v) is 7.15. The summed E-state index contributed by atoms with van der Waals surface area (Å²) in [5.41, 5.74) is 2.77. The molecule has 0 aromatic heterocycles. The molecular formula is C16H15N4O5-. The number of nitro groups is 1. The number of hydrazone groups is 1. The third-order valence-electron chi connectivity index (χ3n) is 3.11. The maximum atomic E-state index is 11.7. The van der Waals surface area contributed by atoms with Gasteiger partial charge in [-0.1, -0.05) is 18.2 Å². The van der Waals surface area contributed by atoms with Gasteiger partial charge in [-0.15, -0.1) is 0 Å². The topological polar surface area (TPSA) is 129 Å². The number of rotatable bonds is 7. The first kappa shape index (κ1) is 17.7. The molecule has 2 rings (SSSR count). The van der Waals surface area contributed by atoms with E-state index in [9.17, 15) is 20.0 Å². The minimum absolute atomic E-state index is 0.0237. The Hall–Kier alpha value is -3.62. The monoisotopic (exact) mass is 343 g/mol. The van der Waals surface area contributed by atoms with Gasteiger partial charge in [-0.3, -0.25) is 14.9 Å². The van der Waals surface area contributed by atoms with E-state index in [0.29, 0.717) is 17.0 Å². The van der Waals surface area contributed by atoms with Crippen LogP contribution in [0.15, 0.2) is 47.6 Å². The van der Waals surface area contributed by atoms with Crippen molar-refractivity contribution in [3.05, 3.63) is 58.1 Å². The molecule has 0 bridgehead atoms. The molecule has 0 fully saturated rings. The molecule has 2 N–H and O–H groups in total. The summed E-state index contributed by atoms with van der Waals surface area (Å²) < 4.78 is 5.08. The van der Waals surface area contributed by atoms with Gasteiger partial charge in [-0.05, 0) is 17.9 Å². The lowest BCUT2D eigenvalue weighted by Crippen LogP contribution is -2.25. The summed E-state index contributed by atoms with van der Waals surface area (Å²) in [5.74, 6) is -0.436. The van der Waals surface area contributed by atoms with Crippen molar-refractivity contribution in [2.75, 3.05) is 19.0 Å². The lowest BCUT2D eigenvalue weighted by Gasteiger charge is -2.07. The SMILES string of the molecule is COc1cccc(NCC(=O)N/N=C\c2ccc([O-])c([N+](=O)[O-])c2)c1. The van der Waals surface area contributed by atoms with Gasteiger partial charge < -0.3 is 15.2 Å². The minimum atomic E-state index is -0.768. The second-order valence-electron chi connectivity index (χ2n) is 4.86. The van der Waals surface area contributed by atoms with Gasteiger partial charge in [0.2, 0.25) is 0 Å². The maximum absolute atomic E-state index is 11.7. The van der Waals surface area contributed by atoms with Crippen LogP contribution < -0.4 is 20.6 Å². The van der Waals surface area contributed by atoms with E-state index in [1.165, 1.54) is 12.3 Å². The molecule has 0 radical (unpaired) electrons.